The van der Waals surface area contributed by atoms with Gasteiger partial charge in [0.15, 0.2) is 11.6 Å². The minimum atomic E-state index is -3.12. The molecule has 116 valence electrons. The number of halogens is 3. The molecule has 1 aliphatic rings. The number of piperidine rings is 1. The van der Waals surface area contributed by atoms with E-state index in [1.807, 2.05) is 0 Å². The standard InChI is InChI=1S/C13H15F3N2O3/c14-10-6-8(3-4-11(10)21-12(15)16)17-13(20)18-5-1-2-9(19)7-18/h3-4,6,9,12,19H,1-2,5,7H2,(H,17,20)/t9-/m1/s1. The molecule has 0 bridgehead atoms. The van der Waals surface area contributed by atoms with Crippen molar-refractivity contribution in [3.05, 3.63) is 24.0 Å². The Bertz CT molecular complexity index is 513. The maximum absolute atomic E-state index is 13.5. The van der Waals surface area contributed by atoms with Crippen LogP contribution in [0.15, 0.2) is 18.2 Å². The van der Waals surface area contributed by atoms with Crippen molar-refractivity contribution < 1.29 is 27.8 Å². The van der Waals surface area contributed by atoms with Crippen LogP contribution in [0.2, 0.25) is 0 Å². The molecular formula is C13H15F3N2O3. The second-order valence-electron chi connectivity index (χ2n) is 4.70. The number of carbonyl (C=O) groups is 1. The Labute approximate surface area is 119 Å². The number of rotatable bonds is 3. The van der Waals surface area contributed by atoms with Crippen molar-refractivity contribution in [2.75, 3.05) is 18.4 Å². The van der Waals surface area contributed by atoms with Gasteiger partial charge in [-0.05, 0) is 25.0 Å². The third kappa shape index (κ3) is 4.25. The zero-order valence-electron chi connectivity index (χ0n) is 11.1. The molecule has 0 unspecified atom stereocenters. The summed E-state index contributed by atoms with van der Waals surface area (Å²) < 4.78 is 41.5. The SMILES string of the molecule is O=C(Nc1ccc(OC(F)F)c(F)c1)N1CCC[C@@H](O)C1. The van der Waals surface area contributed by atoms with Crippen molar-refractivity contribution in [1.82, 2.24) is 4.90 Å². The molecule has 2 N–H and O–H groups in total. The Kier molecular flexibility index (Phi) is 4.89. The number of urea groups is 1. The number of hydrogen-bond acceptors (Lipinski definition) is 3. The van der Waals surface area contributed by atoms with E-state index in [-0.39, 0.29) is 12.2 Å². The summed E-state index contributed by atoms with van der Waals surface area (Å²) in [5.74, 6) is -1.58. The third-order valence-corrected chi connectivity index (χ3v) is 3.08. The first-order chi connectivity index (χ1) is 9.95. The average molecular weight is 304 g/mol. The fourth-order valence-electron chi connectivity index (χ4n) is 2.11. The van der Waals surface area contributed by atoms with Crippen molar-refractivity contribution in [3.8, 4) is 5.75 Å². The van der Waals surface area contributed by atoms with Crippen molar-refractivity contribution >= 4 is 11.7 Å². The number of aliphatic hydroxyl groups is 1. The third-order valence-electron chi connectivity index (χ3n) is 3.08. The fraction of sp³-hybridized carbons (Fsp3) is 0.462. The summed E-state index contributed by atoms with van der Waals surface area (Å²) in [6, 6.07) is 2.70. The molecule has 8 heteroatoms. The summed E-state index contributed by atoms with van der Waals surface area (Å²) in [5.41, 5.74) is 0.124. The molecule has 1 heterocycles. The normalized spacial score (nSPS) is 18.7. The number of hydrogen-bond donors (Lipinski definition) is 2. The molecule has 2 rings (SSSR count). The lowest BCUT2D eigenvalue weighted by Crippen LogP contribution is -2.44. The number of ether oxygens (including phenoxy) is 1. The van der Waals surface area contributed by atoms with Gasteiger partial charge in [-0.3, -0.25) is 0 Å². The predicted molar refractivity (Wildman–Crippen MR) is 68.9 cm³/mol. The maximum Gasteiger partial charge on any atom is 0.387 e. The highest BCUT2D eigenvalue weighted by molar-refractivity contribution is 5.89. The summed E-state index contributed by atoms with van der Waals surface area (Å²) in [6.45, 7) is -2.41. The molecule has 0 radical (unpaired) electrons. The monoisotopic (exact) mass is 304 g/mol. The smallest absolute Gasteiger partial charge is 0.387 e. The first kappa shape index (κ1) is 15.4. The summed E-state index contributed by atoms with van der Waals surface area (Å²) in [4.78, 5) is 13.3. The summed E-state index contributed by atoms with van der Waals surface area (Å²) in [5, 5.41) is 11.9. The van der Waals surface area contributed by atoms with Gasteiger partial charge < -0.3 is 20.1 Å². The van der Waals surface area contributed by atoms with Crippen LogP contribution in [0.3, 0.4) is 0 Å². The number of anilines is 1. The predicted octanol–water partition coefficient (Wildman–Crippen LogP) is 2.42. The van der Waals surface area contributed by atoms with E-state index >= 15 is 0 Å². The molecule has 2 amide bonds. The lowest BCUT2D eigenvalue weighted by molar-refractivity contribution is -0.0521. The Morgan fingerprint density at radius 2 is 2.24 bits per heavy atom. The zero-order chi connectivity index (χ0) is 15.4. The van der Waals surface area contributed by atoms with E-state index in [1.54, 1.807) is 0 Å². The molecule has 1 fully saturated rings. The number of aliphatic hydroxyl groups excluding tert-OH is 1. The summed E-state index contributed by atoms with van der Waals surface area (Å²) in [6.07, 6.45) is 0.755. The zero-order valence-corrected chi connectivity index (χ0v) is 11.1. The first-order valence-electron chi connectivity index (χ1n) is 6.44. The van der Waals surface area contributed by atoms with Crippen molar-refractivity contribution in [3.63, 3.8) is 0 Å². The molecule has 1 atom stereocenters. The molecule has 21 heavy (non-hydrogen) atoms. The number of benzene rings is 1. The van der Waals surface area contributed by atoms with Crippen LogP contribution in [0.1, 0.15) is 12.8 Å². The molecule has 0 spiro atoms. The minimum Gasteiger partial charge on any atom is -0.432 e. The van der Waals surface area contributed by atoms with E-state index < -0.39 is 30.3 Å². The quantitative estimate of drug-likeness (QED) is 0.901. The van der Waals surface area contributed by atoms with Gasteiger partial charge in [-0.1, -0.05) is 0 Å². The van der Waals surface area contributed by atoms with E-state index in [2.05, 4.69) is 10.1 Å². The number of nitrogens with zero attached hydrogens (tertiary/aromatic N) is 1. The molecule has 0 aliphatic carbocycles. The van der Waals surface area contributed by atoms with Crippen LogP contribution in [0.25, 0.3) is 0 Å². The lowest BCUT2D eigenvalue weighted by Gasteiger charge is -2.30. The van der Waals surface area contributed by atoms with Crippen LogP contribution in [0, 0.1) is 5.82 Å². The molecular weight excluding hydrogens is 289 g/mol. The largest absolute Gasteiger partial charge is 0.432 e. The van der Waals surface area contributed by atoms with Crippen LogP contribution >= 0.6 is 0 Å². The Morgan fingerprint density at radius 1 is 1.48 bits per heavy atom. The number of carbonyl (C=O) groups excluding carboxylic acids is 1. The van der Waals surface area contributed by atoms with E-state index in [0.29, 0.717) is 19.4 Å². The van der Waals surface area contributed by atoms with Gasteiger partial charge in [0.1, 0.15) is 0 Å². The second-order valence-corrected chi connectivity index (χ2v) is 4.70. The number of nitrogens with one attached hydrogen (secondary N) is 1. The number of β-amino-alcohol motifs (C(OH)–C–C–N with tert-alkyl or cyclic N) is 1. The molecule has 0 saturated carbocycles. The molecule has 1 aromatic rings. The van der Waals surface area contributed by atoms with Gasteiger partial charge >= 0.3 is 12.6 Å². The summed E-state index contributed by atoms with van der Waals surface area (Å²) >= 11 is 0. The summed E-state index contributed by atoms with van der Waals surface area (Å²) in [7, 11) is 0. The minimum absolute atomic E-state index is 0.124. The fourth-order valence-corrected chi connectivity index (χ4v) is 2.11. The van der Waals surface area contributed by atoms with E-state index in [9.17, 15) is 23.1 Å². The lowest BCUT2D eigenvalue weighted by atomic mass is 10.1. The molecule has 1 aromatic carbocycles. The average Bonchev–Trinajstić information content (AvgIpc) is 2.41. The van der Waals surface area contributed by atoms with Gasteiger partial charge in [-0.15, -0.1) is 0 Å². The van der Waals surface area contributed by atoms with Crippen molar-refractivity contribution in [2.45, 2.75) is 25.6 Å². The highest BCUT2D eigenvalue weighted by Crippen LogP contribution is 2.23. The van der Waals surface area contributed by atoms with Gasteiger partial charge in [0, 0.05) is 24.8 Å². The molecule has 0 aromatic heterocycles. The van der Waals surface area contributed by atoms with Gasteiger partial charge in [0.05, 0.1) is 6.10 Å². The molecule has 5 nitrogen and oxygen atoms in total. The molecule has 1 saturated heterocycles. The Balaban J connectivity index is 1.99. The van der Waals surface area contributed by atoms with Gasteiger partial charge in [-0.25, -0.2) is 9.18 Å². The maximum atomic E-state index is 13.5. The highest BCUT2D eigenvalue weighted by Gasteiger charge is 2.22. The topological polar surface area (TPSA) is 61.8 Å². The van der Waals surface area contributed by atoms with E-state index in [1.165, 1.54) is 11.0 Å². The van der Waals surface area contributed by atoms with Crippen LogP contribution in [0.5, 0.6) is 5.75 Å². The van der Waals surface area contributed by atoms with Crippen molar-refractivity contribution in [1.29, 1.82) is 0 Å². The first-order valence-corrected chi connectivity index (χ1v) is 6.44. The van der Waals surface area contributed by atoms with Crippen molar-refractivity contribution in [2.24, 2.45) is 0 Å². The van der Waals surface area contributed by atoms with E-state index in [0.717, 1.165) is 12.1 Å². The van der Waals surface area contributed by atoms with Crippen LogP contribution < -0.4 is 10.1 Å². The van der Waals surface area contributed by atoms with Gasteiger partial charge in [0.2, 0.25) is 0 Å². The highest BCUT2D eigenvalue weighted by atomic mass is 19.3. The Morgan fingerprint density at radius 3 is 2.86 bits per heavy atom. The number of amides is 2. The van der Waals surface area contributed by atoms with Gasteiger partial charge in [0.25, 0.3) is 0 Å². The van der Waals surface area contributed by atoms with Crippen LogP contribution in [-0.4, -0.2) is 41.8 Å². The number of alkyl halides is 2. The molecule has 1 aliphatic heterocycles. The van der Waals surface area contributed by atoms with Crippen LogP contribution in [0.4, 0.5) is 23.7 Å². The number of likely N-dealkylation sites (tertiary alicyclic amines) is 1. The van der Waals surface area contributed by atoms with Crippen LogP contribution in [-0.2, 0) is 0 Å². The van der Waals surface area contributed by atoms with E-state index in [4.69, 9.17) is 0 Å². The second kappa shape index (κ2) is 6.66. The Hall–Kier alpha value is -1.96. The van der Waals surface area contributed by atoms with Gasteiger partial charge in [-0.2, -0.15) is 8.78 Å².